The molecule has 0 saturated heterocycles. The number of hydrogen-bond donors (Lipinski definition) is 1. The minimum atomic E-state index is 0.504. The number of methoxy groups -OCH3 is 2. The van der Waals surface area contributed by atoms with Gasteiger partial charge in [-0.15, -0.1) is 0 Å². The third-order valence-corrected chi connectivity index (χ3v) is 4.49. The summed E-state index contributed by atoms with van der Waals surface area (Å²) in [5.74, 6) is 2.28. The Labute approximate surface area is 163 Å². The fourth-order valence-electron chi connectivity index (χ4n) is 2.75. The van der Waals surface area contributed by atoms with Gasteiger partial charge in [-0.2, -0.15) is 0 Å². The first kappa shape index (κ1) is 20.2. The monoisotopic (exact) mass is 422 g/mol. The van der Waals surface area contributed by atoms with E-state index in [4.69, 9.17) is 14.5 Å². The van der Waals surface area contributed by atoms with E-state index in [1.807, 2.05) is 38.5 Å². The smallest absolute Gasteiger partial charge is 0.194 e. The van der Waals surface area contributed by atoms with Gasteiger partial charge in [0.2, 0.25) is 0 Å². The average molecular weight is 423 g/mol. The summed E-state index contributed by atoms with van der Waals surface area (Å²) in [5, 5.41) is 3.35. The second-order valence-electron chi connectivity index (χ2n) is 5.94. The highest BCUT2D eigenvalue weighted by atomic mass is 79.9. The van der Waals surface area contributed by atoms with Gasteiger partial charge in [-0.1, -0.05) is 12.1 Å². The highest BCUT2D eigenvalue weighted by molar-refractivity contribution is 9.10. The van der Waals surface area contributed by atoms with Gasteiger partial charge in [0, 0.05) is 42.6 Å². The largest absolute Gasteiger partial charge is 0.493 e. The Balaban J connectivity index is 2.19. The molecule has 1 aromatic carbocycles. The van der Waals surface area contributed by atoms with Crippen LogP contribution in [0, 0.1) is 0 Å². The third kappa shape index (κ3) is 4.94. The van der Waals surface area contributed by atoms with Gasteiger partial charge in [-0.25, -0.2) is 4.99 Å². The number of para-hydroxylation sites is 1. The van der Waals surface area contributed by atoms with E-state index < -0.39 is 0 Å². The molecule has 1 aromatic heterocycles. The van der Waals surface area contributed by atoms with Gasteiger partial charge in [0.05, 0.1) is 27.3 Å². The molecule has 1 heterocycles. The second kappa shape index (κ2) is 9.52. The Morgan fingerprint density at radius 3 is 2.65 bits per heavy atom. The Morgan fingerprint density at radius 2 is 2.08 bits per heavy atom. The molecule has 0 aliphatic heterocycles. The van der Waals surface area contributed by atoms with E-state index in [1.165, 1.54) is 5.69 Å². The van der Waals surface area contributed by atoms with Crippen LogP contribution in [0.3, 0.4) is 0 Å². The fraction of sp³-hybridized carbons (Fsp3) is 0.421. The lowest BCUT2D eigenvalue weighted by molar-refractivity contribution is 0.351. The van der Waals surface area contributed by atoms with Crippen molar-refractivity contribution >= 4 is 21.9 Å². The van der Waals surface area contributed by atoms with Gasteiger partial charge in [-0.3, -0.25) is 0 Å². The summed E-state index contributed by atoms with van der Waals surface area (Å²) >= 11 is 3.52. The average Bonchev–Trinajstić information content (AvgIpc) is 2.94. The summed E-state index contributed by atoms with van der Waals surface area (Å²) in [4.78, 5) is 6.88. The Bertz CT molecular complexity index is 758. The first-order valence-electron chi connectivity index (χ1n) is 8.50. The summed E-state index contributed by atoms with van der Waals surface area (Å²) < 4.78 is 14.0. The number of nitrogens with zero attached hydrogens (tertiary/aromatic N) is 3. The van der Waals surface area contributed by atoms with Crippen molar-refractivity contribution in [3.63, 3.8) is 0 Å². The quantitative estimate of drug-likeness (QED) is 0.548. The highest BCUT2D eigenvalue weighted by Crippen LogP contribution is 2.31. The highest BCUT2D eigenvalue weighted by Gasteiger charge is 2.12. The maximum atomic E-state index is 5.50. The SMILES string of the molecule is CCNC(=NCc1cccc(OC)c1OC)N(C)Cc1cc(Br)cn1C. The van der Waals surface area contributed by atoms with Crippen LogP contribution >= 0.6 is 15.9 Å². The predicted molar refractivity (Wildman–Crippen MR) is 109 cm³/mol. The van der Waals surface area contributed by atoms with E-state index in [-0.39, 0.29) is 0 Å². The normalized spacial score (nSPS) is 11.4. The van der Waals surface area contributed by atoms with Crippen molar-refractivity contribution in [1.82, 2.24) is 14.8 Å². The molecule has 0 atom stereocenters. The lowest BCUT2D eigenvalue weighted by Gasteiger charge is -2.22. The molecule has 142 valence electrons. The molecule has 0 aliphatic rings. The van der Waals surface area contributed by atoms with E-state index in [9.17, 15) is 0 Å². The summed E-state index contributed by atoms with van der Waals surface area (Å²) in [6.07, 6.45) is 2.05. The van der Waals surface area contributed by atoms with E-state index >= 15 is 0 Å². The molecule has 1 N–H and O–H groups in total. The second-order valence-corrected chi connectivity index (χ2v) is 6.86. The van der Waals surface area contributed by atoms with Gasteiger partial charge in [-0.05, 0) is 35.0 Å². The fourth-order valence-corrected chi connectivity index (χ4v) is 3.32. The van der Waals surface area contributed by atoms with Crippen LogP contribution in [0.4, 0.5) is 0 Å². The topological polar surface area (TPSA) is 51.0 Å². The minimum absolute atomic E-state index is 0.504. The van der Waals surface area contributed by atoms with Gasteiger partial charge < -0.3 is 24.3 Å². The van der Waals surface area contributed by atoms with Crippen molar-refractivity contribution in [3.8, 4) is 11.5 Å². The van der Waals surface area contributed by atoms with Crippen molar-refractivity contribution in [2.75, 3.05) is 27.8 Å². The zero-order valence-electron chi connectivity index (χ0n) is 16.0. The van der Waals surface area contributed by atoms with E-state index in [0.29, 0.717) is 12.3 Å². The first-order valence-corrected chi connectivity index (χ1v) is 9.29. The molecule has 7 heteroatoms. The number of aryl methyl sites for hydroxylation is 1. The molecule has 0 amide bonds. The van der Waals surface area contributed by atoms with Crippen LogP contribution in [0.5, 0.6) is 11.5 Å². The maximum Gasteiger partial charge on any atom is 0.194 e. The molecule has 2 rings (SSSR count). The zero-order chi connectivity index (χ0) is 19.1. The molecule has 0 radical (unpaired) electrons. The number of halogens is 1. The number of benzene rings is 1. The van der Waals surface area contributed by atoms with Crippen molar-refractivity contribution in [3.05, 3.63) is 46.2 Å². The van der Waals surface area contributed by atoms with Crippen LogP contribution in [0.1, 0.15) is 18.2 Å². The number of hydrogen-bond acceptors (Lipinski definition) is 3. The molecule has 6 nitrogen and oxygen atoms in total. The van der Waals surface area contributed by atoms with Gasteiger partial charge in [0.25, 0.3) is 0 Å². The Kier molecular flexibility index (Phi) is 7.38. The standard InChI is InChI=1S/C19H27BrN4O2/c1-6-21-19(24(3)13-16-10-15(20)12-23(16)2)22-11-14-8-7-9-17(25-4)18(14)26-5/h7-10,12H,6,11,13H2,1-5H3,(H,21,22). The Hall–Kier alpha value is -2.15. The number of aromatic nitrogens is 1. The molecule has 0 unspecified atom stereocenters. The third-order valence-electron chi connectivity index (χ3n) is 4.05. The molecule has 0 aliphatic carbocycles. The lowest BCUT2D eigenvalue weighted by Crippen LogP contribution is -2.38. The van der Waals surface area contributed by atoms with Gasteiger partial charge >= 0.3 is 0 Å². The Morgan fingerprint density at radius 1 is 1.31 bits per heavy atom. The molecule has 0 fully saturated rings. The molecule has 0 bridgehead atoms. The molecule has 0 spiro atoms. The predicted octanol–water partition coefficient (Wildman–Crippen LogP) is 3.40. The minimum Gasteiger partial charge on any atom is -0.493 e. The van der Waals surface area contributed by atoms with Crippen molar-refractivity contribution in [2.24, 2.45) is 12.0 Å². The van der Waals surface area contributed by atoms with Gasteiger partial charge in [0.15, 0.2) is 17.5 Å². The molecular weight excluding hydrogens is 396 g/mol. The van der Waals surface area contributed by atoms with Crippen LogP contribution in [0.2, 0.25) is 0 Å². The summed E-state index contributed by atoms with van der Waals surface area (Å²) in [6, 6.07) is 7.95. The molecule has 0 saturated carbocycles. The van der Waals surface area contributed by atoms with Crippen LogP contribution in [0.25, 0.3) is 0 Å². The summed E-state index contributed by atoms with van der Waals surface area (Å²) in [5.41, 5.74) is 2.18. The van der Waals surface area contributed by atoms with Crippen molar-refractivity contribution in [1.29, 1.82) is 0 Å². The van der Waals surface area contributed by atoms with Crippen LogP contribution in [-0.2, 0) is 20.1 Å². The van der Waals surface area contributed by atoms with Crippen molar-refractivity contribution in [2.45, 2.75) is 20.0 Å². The van der Waals surface area contributed by atoms with Crippen LogP contribution in [-0.4, -0.2) is 43.2 Å². The van der Waals surface area contributed by atoms with Crippen molar-refractivity contribution < 1.29 is 9.47 Å². The van der Waals surface area contributed by atoms with E-state index in [1.54, 1.807) is 14.2 Å². The van der Waals surface area contributed by atoms with E-state index in [2.05, 4.69) is 43.7 Å². The summed E-state index contributed by atoms with van der Waals surface area (Å²) in [6.45, 7) is 4.12. The number of aliphatic imine (C=N–C) groups is 1. The van der Waals surface area contributed by atoms with Crippen LogP contribution in [0.15, 0.2) is 39.9 Å². The van der Waals surface area contributed by atoms with E-state index in [0.717, 1.165) is 34.8 Å². The number of nitrogens with one attached hydrogen (secondary N) is 1. The molecule has 2 aromatic rings. The number of ether oxygens (including phenoxy) is 2. The first-order chi connectivity index (χ1) is 12.5. The zero-order valence-corrected chi connectivity index (χ0v) is 17.6. The maximum absolute atomic E-state index is 5.50. The number of guanidine groups is 1. The number of rotatable bonds is 7. The van der Waals surface area contributed by atoms with Gasteiger partial charge in [0.1, 0.15) is 0 Å². The molecular formula is C19H27BrN4O2. The summed E-state index contributed by atoms with van der Waals surface area (Å²) in [7, 11) is 7.36. The van der Waals surface area contributed by atoms with Crippen LogP contribution < -0.4 is 14.8 Å². The molecule has 26 heavy (non-hydrogen) atoms. The lowest BCUT2D eigenvalue weighted by atomic mass is 10.2.